The van der Waals surface area contributed by atoms with Gasteiger partial charge in [-0.3, -0.25) is 4.79 Å². The van der Waals surface area contributed by atoms with Gasteiger partial charge in [0.15, 0.2) is 5.43 Å². The van der Waals surface area contributed by atoms with Crippen LogP contribution < -0.4 is 5.43 Å². The normalized spacial score (nSPS) is 10.3. The van der Waals surface area contributed by atoms with Crippen LogP contribution in [0, 0.1) is 11.3 Å². The molecule has 0 atom stereocenters. The van der Waals surface area contributed by atoms with E-state index in [4.69, 9.17) is 9.68 Å². The molecule has 3 nitrogen and oxygen atoms in total. The maximum atomic E-state index is 12.5. The topological polar surface area (TPSA) is 54.0 Å². The summed E-state index contributed by atoms with van der Waals surface area (Å²) in [6, 6.07) is 18.5. The Morgan fingerprint density at radius 2 is 1.70 bits per heavy atom. The minimum absolute atomic E-state index is 0.0391. The number of rotatable bonds is 2. The van der Waals surface area contributed by atoms with Gasteiger partial charge in [-0.1, -0.05) is 42.5 Å². The zero-order valence-corrected chi connectivity index (χ0v) is 10.7. The maximum Gasteiger partial charge on any atom is 0.197 e. The standard InChI is InChI=1S/C17H11NO2/c18-11-10-14-16(19)13-8-4-5-9-15(13)20-17(14)12-6-2-1-3-7-12/h1-9H,10H2. The van der Waals surface area contributed by atoms with Crippen LogP contribution in [0.1, 0.15) is 5.56 Å². The molecule has 3 heteroatoms. The molecule has 0 radical (unpaired) electrons. The summed E-state index contributed by atoms with van der Waals surface area (Å²) in [5, 5.41) is 9.47. The molecular weight excluding hydrogens is 250 g/mol. The predicted octanol–water partition coefficient (Wildman–Crippen LogP) is 3.53. The van der Waals surface area contributed by atoms with Crippen molar-refractivity contribution in [2.24, 2.45) is 0 Å². The third kappa shape index (κ3) is 1.98. The number of hydrogen-bond donors (Lipinski definition) is 0. The summed E-state index contributed by atoms with van der Waals surface area (Å²) >= 11 is 0. The smallest absolute Gasteiger partial charge is 0.197 e. The molecule has 0 N–H and O–H groups in total. The van der Waals surface area contributed by atoms with Gasteiger partial charge in [0.1, 0.15) is 11.3 Å². The zero-order chi connectivity index (χ0) is 13.9. The Hall–Kier alpha value is -2.86. The molecule has 2 aromatic carbocycles. The third-order valence-electron chi connectivity index (χ3n) is 3.18. The molecule has 0 aliphatic heterocycles. The lowest BCUT2D eigenvalue weighted by Gasteiger charge is -2.07. The van der Waals surface area contributed by atoms with E-state index in [0.717, 1.165) is 5.56 Å². The molecule has 1 aromatic heterocycles. The van der Waals surface area contributed by atoms with Crippen LogP contribution in [0.25, 0.3) is 22.3 Å². The van der Waals surface area contributed by atoms with Gasteiger partial charge >= 0.3 is 0 Å². The van der Waals surface area contributed by atoms with Crippen LogP contribution in [0.2, 0.25) is 0 Å². The monoisotopic (exact) mass is 261 g/mol. The molecule has 0 saturated carbocycles. The van der Waals surface area contributed by atoms with Crippen LogP contribution in [0.4, 0.5) is 0 Å². The average molecular weight is 261 g/mol. The first-order valence-electron chi connectivity index (χ1n) is 6.28. The Balaban J connectivity index is 2.39. The van der Waals surface area contributed by atoms with Crippen LogP contribution in [0.5, 0.6) is 0 Å². The van der Waals surface area contributed by atoms with Crippen molar-refractivity contribution >= 4 is 11.0 Å². The number of nitriles is 1. The van der Waals surface area contributed by atoms with E-state index in [-0.39, 0.29) is 11.8 Å². The molecule has 1 heterocycles. The van der Waals surface area contributed by atoms with Gasteiger partial charge in [-0.2, -0.15) is 5.26 Å². The molecule has 0 fully saturated rings. The van der Waals surface area contributed by atoms with Crippen LogP contribution in [0.3, 0.4) is 0 Å². The Bertz CT molecular complexity index is 858. The number of fused-ring (bicyclic) bond motifs is 1. The zero-order valence-electron chi connectivity index (χ0n) is 10.7. The van der Waals surface area contributed by atoms with E-state index >= 15 is 0 Å². The fourth-order valence-electron chi connectivity index (χ4n) is 2.24. The number of para-hydroxylation sites is 1. The summed E-state index contributed by atoms with van der Waals surface area (Å²) in [7, 11) is 0. The Labute approximate surface area is 115 Å². The second-order valence-corrected chi connectivity index (χ2v) is 4.44. The highest BCUT2D eigenvalue weighted by atomic mass is 16.3. The largest absolute Gasteiger partial charge is 0.455 e. The van der Waals surface area contributed by atoms with E-state index in [1.807, 2.05) is 42.5 Å². The number of benzene rings is 2. The summed E-state index contributed by atoms with van der Waals surface area (Å²) in [5.74, 6) is 0.482. The minimum atomic E-state index is -0.132. The van der Waals surface area contributed by atoms with Crippen molar-refractivity contribution in [1.29, 1.82) is 5.26 Å². The summed E-state index contributed by atoms with van der Waals surface area (Å²) < 4.78 is 5.86. The highest BCUT2D eigenvalue weighted by molar-refractivity contribution is 5.80. The molecule has 3 aromatic rings. The summed E-state index contributed by atoms with van der Waals surface area (Å²) in [6.07, 6.45) is 0.0391. The molecule has 0 bridgehead atoms. The Morgan fingerprint density at radius 3 is 2.45 bits per heavy atom. The lowest BCUT2D eigenvalue weighted by Crippen LogP contribution is -2.10. The van der Waals surface area contributed by atoms with Gasteiger partial charge in [-0.15, -0.1) is 0 Å². The van der Waals surface area contributed by atoms with Gasteiger partial charge in [0, 0.05) is 5.56 Å². The van der Waals surface area contributed by atoms with Crippen LogP contribution in [-0.2, 0) is 6.42 Å². The van der Waals surface area contributed by atoms with Gasteiger partial charge < -0.3 is 4.42 Å². The van der Waals surface area contributed by atoms with Crippen molar-refractivity contribution in [3.63, 3.8) is 0 Å². The number of nitrogens with zero attached hydrogens (tertiary/aromatic N) is 1. The fraction of sp³-hybridized carbons (Fsp3) is 0.0588. The first-order chi connectivity index (χ1) is 9.81. The molecule has 0 spiro atoms. The minimum Gasteiger partial charge on any atom is -0.455 e. The van der Waals surface area contributed by atoms with E-state index < -0.39 is 0 Å². The lowest BCUT2D eigenvalue weighted by molar-refractivity contribution is 0.612. The summed E-state index contributed by atoms with van der Waals surface area (Å²) in [4.78, 5) is 12.5. The number of hydrogen-bond acceptors (Lipinski definition) is 3. The molecular formula is C17H11NO2. The van der Waals surface area contributed by atoms with Crippen molar-refractivity contribution in [3.05, 3.63) is 70.4 Å². The van der Waals surface area contributed by atoms with Crippen LogP contribution in [0.15, 0.2) is 63.8 Å². The van der Waals surface area contributed by atoms with Crippen LogP contribution >= 0.6 is 0 Å². The predicted molar refractivity (Wildman–Crippen MR) is 77.2 cm³/mol. The van der Waals surface area contributed by atoms with Gasteiger partial charge in [-0.05, 0) is 12.1 Å². The van der Waals surface area contributed by atoms with Gasteiger partial charge in [0.2, 0.25) is 0 Å². The average Bonchev–Trinajstić information content (AvgIpc) is 2.51. The molecule has 20 heavy (non-hydrogen) atoms. The van der Waals surface area contributed by atoms with E-state index in [1.165, 1.54) is 0 Å². The van der Waals surface area contributed by atoms with E-state index in [1.54, 1.807) is 18.2 Å². The molecule has 0 saturated heterocycles. The first kappa shape index (κ1) is 12.2. The second kappa shape index (κ2) is 5.02. The molecule has 0 aliphatic rings. The van der Waals surface area contributed by atoms with Crippen molar-refractivity contribution in [2.75, 3.05) is 0 Å². The second-order valence-electron chi connectivity index (χ2n) is 4.44. The van der Waals surface area contributed by atoms with Crippen molar-refractivity contribution < 1.29 is 4.42 Å². The quantitative estimate of drug-likeness (QED) is 0.709. The molecule has 3 rings (SSSR count). The van der Waals surface area contributed by atoms with Crippen molar-refractivity contribution in [1.82, 2.24) is 0 Å². The Kier molecular flexibility index (Phi) is 3.06. The third-order valence-corrected chi connectivity index (χ3v) is 3.18. The SMILES string of the molecule is N#CCc1c(-c2ccccc2)oc2ccccc2c1=O. The summed E-state index contributed by atoms with van der Waals surface area (Å²) in [5.41, 5.74) is 1.63. The van der Waals surface area contributed by atoms with Crippen molar-refractivity contribution in [3.8, 4) is 17.4 Å². The van der Waals surface area contributed by atoms with E-state index in [2.05, 4.69) is 0 Å². The first-order valence-corrected chi connectivity index (χ1v) is 6.28. The molecule has 0 amide bonds. The molecule has 96 valence electrons. The van der Waals surface area contributed by atoms with Crippen molar-refractivity contribution in [2.45, 2.75) is 6.42 Å². The molecule has 0 unspecified atom stereocenters. The van der Waals surface area contributed by atoms with Gasteiger partial charge in [-0.25, -0.2) is 0 Å². The molecule has 0 aliphatic carbocycles. The van der Waals surface area contributed by atoms with Crippen LogP contribution in [-0.4, -0.2) is 0 Å². The Morgan fingerprint density at radius 1 is 1.00 bits per heavy atom. The highest BCUT2D eigenvalue weighted by Gasteiger charge is 2.15. The van der Waals surface area contributed by atoms with E-state index in [9.17, 15) is 4.79 Å². The maximum absolute atomic E-state index is 12.5. The fourth-order valence-corrected chi connectivity index (χ4v) is 2.24. The highest BCUT2D eigenvalue weighted by Crippen LogP contribution is 2.25. The van der Waals surface area contributed by atoms with Gasteiger partial charge in [0.05, 0.1) is 23.4 Å². The van der Waals surface area contributed by atoms with Gasteiger partial charge in [0.25, 0.3) is 0 Å². The summed E-state index contributed by atoms with van der Waals surface area (Å²) in [6.45, 7) is 0. The van der Waals surface area contributed by atoms with E-state index in [0.29, 0.717) is 22.3 Å². The lowest BCUT2D eigenvalue weighted by atomic mass is 10.0.